The van der Waals surface area contributed by atoms with Gasteiger partial charge in [0.25, 0.3) is 0 Å². The number of amides is 1. The lowest BCUT2D eigenvalue weighted by molar-refractivity contribution is -0.301. The van der Waals surface area contributed by atoms with Gasteiger partial charge in [0.05, 0.1) is 11.7 Å². The van der Waals surface area contributed by atoms with E-state index in [0.29, 0.717) is 0 Å². The molecule has 0 heterocycles. The number of carbonyl (C=O) groups is 2. The lowest BCUT2D eigenvalue weighted by Crippen LogP contribution is -2.29. The number of aliphatic carboxylic acids is 1. The normalized spacial score (nSPS) is 10.1. The number of carboxylic acid groups (broad SMARTS) is 1. The Hall–Kier alpha value is -2.27. The van der Waals surface area contributed by atoms with Crippen molar-refractivity contribution in [3.63, 3.8) is 0 Å². The van der Waals surface area contributed by atoms with Crippen LogP contribution in [0.25, 0.3) is 0 Å². The van der Waals surface area contributed by atoms with Gasteiger partial charge in [-0.25, -0.2) is 0 Å². The van der Waals surface area contributed by atoms with E-state index in [4.69, 9.17) is 0 Å². The van der Waals surface area contributed by atoms with Crippen LogP contribution >= 0.6 is 11.8 Å². The maximum atomic E-state index is 12.4. The summed E-state index contributed by atoms with van der Waals surface area (Å²) in [5, 5.41) is 10.4. The van der Waals surface area contributed by atoms with Crippen LogP contribution in [0, 0.1) is 0 Å². The van der Waals surface area contributed by atoms with Crippen molar-refractivity contribution in [1.29, 1.82) is 0 Å². The first-order valence-electron chi connectivity index (χ1n) is 6.39. The Morgan fingerprint density at radius 3 is 1.76 bits per heavy atom. The minimum absolute atomic E-state index is 0.0811. The molecule has 0 saturated heterocycles. The second kappa shape index (κ2) is 7.50. The maximum absolute atomic E-state index is 12.4. The number of nitrogens with zero attached hydrogens (tertiary/aromatic N) is 1. The van der Waals surface area contributed by atoms with Crippen LogP contribution in [0.4, 0.5) is 11.4 Å². The van der Waals surface area contributed by atoms with Crippen molar-refractivity contribution in [2.75, 3.05) is 16.4 Å². The summed E-state index contributed by atoms with van der Waals surface area (Å²) in [6.07, 6.45) is 0. The number of carbonyl (C=O) groups excluding carboxylic acids is 2. The van der Waals surface area contributed by atoms with Gasteiger partial charge >= 0.3 is 0 Å². The third kappa shape index (κ3) is 4.36. The Kier molecular flexibility index (Phi) is 5.40. The van der Waals surface area contributed by atoms with Gasteiger partial charge in [-0.3, -0.25) is 9.69 Å². The van der Waals surface area contributed by atoms with Crippen LogP contribution in [-0.2, 0) is 9.59 Å². The highest BCUT2D eigenvalue weighted by atomic mass is 32.2. The smallest absolute Gasteiger partial charge is 0.241 e. The molecule has 2 aromatic carbocycles. The number of hydrogen-bond donors (Lipinski definition) is 0. The number of hydrogen-bond acceptors (Lipinski definition) is 4. The van der Waals surface area contributed by atoms with Gasteiger partial charge in [0.2, 0.25) is 5.91 Å². The lowest BCUT2D eigenvalue weighted by Gasteiger charge is -2.23. The highest BCUT2D eigenvalue weighted by molar-refractivity contribution is 8.00. The van der Waals surface area contributed by atoms with Crippen molar-refractivity contribution in [2.45, 2.75) is 0 Å². The molecular formula is C16H14NO3S-. The van der Waals surface area contributed by atoms with Gasteiger partial charge in [-0.2, -0.15) is 0 Å². The van der Waals surface area contributed by atoms with Crippen molar-refractivity contribution < 1.29 is 14.7 Å². The SMILES string of the molecule is O=C([O-])CSCC(=O)N(c1ccccc1)c1ccccc1. The fourth-order valence-electron chi connectivity index (χ4n) is 1.88. The summed E-state index contributed by atoms with van der Waals surface area (Å²) in [7, 11) is 0. The van der Waals surface area contributed by atoms with E-state index in [1.165, 1.54) is 0 Å². The molecule has 21 heavy (non-hydrogen) atoms. The van der Waals surface area contributed by atoms with Crippen LogP contribution in [0.5, 0.6) is 0 Å². The van der Waals surface area contributed by atoms with E-state index < -0.39 is 5.97 Å². The summed E-state index contributed by atoms with van der Waals surface area (Å²) in [6.45, 7) is 0. The van der Waals surface area contributed by atoms with E-state index in [9.17, 15) is 14.7 Å². The topological polar surface area (TPSA) is 60.4 Å². The van der Waals surface area contributed by atoms with Gasteiger partial charge < -0.3 is 9.90 Å². The minimum atomic E-state index is -1.17. The lowest BCUT2D eigenvalue weighted by atomic mass is 10.2. The van der Waals surface area contributed by atoms with Gasteiger partial charge in [-0.1, -0.05) is 36.4 Å². The first-order valence-corrected chi connectivity index (χ1v) is 7.54. The zero-order valence-electron chi connectivity index (χ0n) is 11.3. The number of carboxylic acids is 1. The fraction of sp³-hybridized carbons (Fsp3) is 0.125. The quantitative estimate of drug-likeness (QED) is 0.816. The molecule has 0 spiro atoms. The number of rotatable bonds is 6. The third-order valence-corrected chi connectivity index (χ3v) is 3.61. The number of para-hydroxylation sites is 2. The van der Waals surface area contributed by atoms with Gasteiger partial charge in [0.1, 0.15) is 0 Å². The van der Waals surface area contributed by atoms with Crippen LogP contribution in [0.2, 0.25) is 0 Å². The van der Waals surface area contributed by atoms with E-state index in [2.05, 4.69) is 0 Å². The molecule has 108 valence electrons. The minimum Gasteiger partial charge on any atom is -0.549 e. The summed E-state index contributed by atoms with van der Waals surface area (Å²) in [4.78, 5) is 24.4. The summed E-state index contributed by atoms with van der Waals surface area (Å²) >= 11 is 1.03. The molecule has 0 aliphatic heterocycles. The van der Waals surface area contributed by atoms with E-state index in [1.807, 2.05) is 60.7 Å². The molecule has 0 bridgehead atoms. The van der Waals surface area contributed by atoms with Crippen molar-refractivity contribution in [3.05, 3.63) is 60.7 Å². The van der Waals surface area contributed by atoms with Crippen LogP contribution < -0.4 is 10.0 Å². The first-order chi connectivity index (χ1) is 10.2. The van der Waals surface area contributed by atoms with Crippen LogP contribution in [0.3, 0.4) is 0 Å². The molecule has 0 atom stereocenters. The van der Waals surface area contributed by atoms with E-state index >= 15 is 0 Å². The average Bonchev–Trinajstić information content (AvgIpc) is 2.49. The van der Waals surface area contributed by atoms with Crippen LogP contribution in [0.1, 0.15) is 0 Å². The molecule has 1 amide bonds. The molecule has 0 aromatic heterocycles. The Bertz CT molecular complexity index is 562. The van der Waals surface area contributed by atoms with Crippen molar-refractivity contribution >= 4 is 35.0 Å². The Balaban J connectivity index is 2.21. The summed E-state index contributed by atoms with van der Waals surface area (Å²) in [5.41, 5.74) is 1.51. The zero-order chi connectivity index (χ0) is 15.1. The predicted molar refractivity (Wildman–Crippen MR) is 82.4 cm³/mol. The monoisotopic (exact) mass is 300 g/mol. The number of benzene rings is 2. The van der Waals surface area contributed by atoms with E-state index in [1.54, 1.807) is 4.90 Å². The number of thioether (sulfide) groups is 1. The van der Waals surface area contributed by atoms with Crippen molar-refractivity contribution in [3.8, 4) is 0 Å². The van der Waals surface area contributed by atoms with Gasteiger partial charge in [0.15, 0.2) is 0 Å². The molecule has 5 heteroatoms. The summed E-state index contributed by atoms with van der Waals surface area (Å²) < 4.78 is 0. The van der Waals surface area contributed by atoms with E-state index in [0.717, 1.165) is 23.1 Å². The van der Waals surface area contributed by atoms with Gasteiger partial charge in [0, 0.05) is 17.1 Å². The van der Waals surface area contributed by atoms with Crippen LogP contribution in [-0.4, -0.2) is 23.4 Å². The van der Waals surface area contributed by atoms with Crippen molar-refractivity contribution in [1.82, 2.24) is 0 Å². The van der Waals surface area contributed by atoms with Gasteiger partial charge in [-0.05, 0) is 24.3 Å². The molecule has 0 N–H and O–H groups in total. The fourth-order valence-corrected chi connectivity index (χ4v) is 2.45. The molecule has 0 aliphatic rings. The predicted octanol–water partition coefficient (Wildman–Crippen LogP) is 1.83. The second-order valence-electron chi connectivity index (χ2n) is 4.27. The average molecular weight is 300 g/mol. The molecule has 0 unspecified atom stereocenters. The number of anilines is 2. The Morgan fingerprint density at radius 1 is 0.857 bits per heavy atom. The first kappa shape index (κ1) is 15.1. The van der Waals surface area contributed by atoms with Crippen molar-refractivity contribution in [2.24, 2.45) is 0 Å². The highest BCUT2D eigenvalue weighted by Gasteiger charge is 2.17. The highest BCUT2D eigenvalue weighted by Crippen LogP contribution is 2.25. The molecule has 0 fully saturated rings. The van der Waals surface area contributed by atoms with E-state index in [-0.39, 0.29) is 17.4 Å². The molecular weight excluding hydrogens is 286 g/mol. The summed E-state index contributed by atoms with van der Waals surface area (Å²) in [6, 6.07) is 18.5. The summed E-state index contributed by atoms with van der Waals surface area (Å²) in [5.74, 6) is -1.45. The molecule has 0 aliphatic carbocycles. The largest absolute Gasteiger partial charge is 0.549 e. The maximum Gasteiger partial charge on any atom is 0.241 e. The standard InChI is InChI=1S/C16H15NO3S/c18-15(11-21-12-16(19)20)17(13-7-3-1-4-8-13)14-9-5-2-6-10-14/h1-10H,11-12H2,(H,19,20)/p-1. The Morgan fingerprint density at radius 2 is 1.33 bits per heavy atom. The molecule has 2 aromatic rings. The molecule has 0 saturated carbocycles. The molecule has 4 nitrogen and oxygen atoms in total. The van der Waals surface area contributed by atoms with Crippen LogP contribution in [0.15, 0.2) is 60.7 Å². The molecule has 0 radical (unpaired) electrons. The zero-order valence-corrected chi connectivity index (χ0v) is 12.1. The molecule has 2 rings (SSSR count). The second-order valence-corrected chi connectivity index (χ2v) is 5.25. The van der Waals surface area contributed by atoms with Gasteiger partial charge in [-0.15, -0.1) is 11.8 Å². The Labute approximate surface area is 127 Å². The third-order valence-electron chi connectivity index (χ3n) is 2.72.